The summed E-state index contributed by atoms with van der Waals surface area (Å²) < 4.78 is 1.32. The molecule has 3 N–H and O–H groups in total. The first-order valence-electron chi connectivity index (χ1n) is 10.4. The topological polar surface area (TPSA) is 100 Å². The summed E-state index contributed by atoms with van der Waals surface area (Å²) in [7, 11) is 1.56. The van der Waals surface area contributed by atoms with Gasteiger partial charge in [-0.1, -0.05) is 39.0 Å². The number of fused-ring (bicyclic) bond motifs is 1. The fraction of sp³-hybridized carbons (Fsp3) is 0.240. The summed E-state index contributed by atoms with van der Waals surface area (Å²) in [5.74, 6) is -0.236. The Hall–Kier alpha value is -3.71. The lowest BCUT2D eigenvalue weighted by Gasteiger charge is -2.19. The van der Waals surface area contributed by atoms with Crippen LogP contribution in [-0.4, -0.2) is 32.8 Å². The van der Waals surface area contributed by atoms with Crippen molar-refractivity contribution in [1.82, 2.24) is 20.1 Å². The third kappa shape index (κ3) is 3.71. The second-order valence-corrected chi connectivity index (χ2v) is 8.74. The zero-order valence-corrected chi connectivity index (χ0v) is 18.6. The summed E-state index contributed by atoms with van der Waals surface area (Å²) in [6.07, 6.45) is 1.68. The minimum absolute atomic E-state index is 0.0367. The van der Waals surface area contributed by atoms with Gasteiger partial charge in [0.2, 0.25) is 0 Å². The number of carbonyl (C=O) groups excluding carboxylic acids is 1. The third-order valence-corrected chi connectivity index (χ3v) is 5.64. The van der Waals surface area contributed by atoms with Gasteiger partial charge in [-0.2, -0.15) is 9.78 Å². The summed E-state index contributed by atoms with van der Waals surface area (Å²) >= 11 is 0. The lowest BCUT2D eigenvalue weighted by Crippen LogP contribution is -2.23. The number of rotatable bonds is 4. The molecule has 0 aliphatic rings. The Kier molecular flexibility index (Phi) is 5.44. The van der Waals surface area contributed by atoms with Crippen molar-refractivity contribution in [2.75, 3.05) is 7.05 Å². The number of nitrogens with one attached hydrogen (secondary N) is 2. The van der Waals surface area contributed by atoms with Crippen LogP contribution in [0.2, 0.25) is 0 Å². The molecule has 0 radical (unpaired) electrons. The van der Waals surface area contributed by atoms with Crippen molar-refractivity contribution >= 4 is 16.7 Å². The Morgan fingerprint density at radius 2 is 1.94 bits per heavy atom. The number of nitrogens with zero attached hydrogens (tertiary/aromatic N) is 2. The third-order valence-electron chi connectivity index (χ3n) is 5.64. The summed E-state index contributed by atoms with van der Waals surface area (Å²) in [6, 6.07) is 14.6. The van der Waals surface area contributed by atoms with Crippen molar-refractivity contribution in [3.63, 3.8) is 0 Å². The van der Waals surface area contributed by atoms with Crippen LogP contribution in [0.1, 0.15) is 42.4 Å². The zero-order valence-electron chi connectivity index (χ0n) is 18.6. The zero-order chi connectivity index (χ0) is 23.0. The largest absolute Gasteiger partial charge is 0.392 e. The van der Waals surface area contributed by atoms with Crippen LogP contribution in [0.25, 0.3) is 27.7 Å². The summed E-state index contributed by atoms with van der Waals surface area (Å²) in [4.78, 5) is 28.3. The van der Waals surface area contributed by atoms with E-state index in [1.54, 1.807) is 37.5 Å². The van der Waals surface area contributed by atoms with Gasteiger partial charge in [0.15, 0.2) is 0 Å². The molecule has 7 heteroatoms. The van der Waals surface area contributed by atoms with Gasteiger partial charge in [0.25, 0.3) is 11.5 Å². The first-order chi connectivity index (χ1) is 15.2. The van der Waals surface area contributed by atoms with Crippen LogP contribution in [-0.2, 0) is 12.0 Å². The van der Waals surface area contributed by atoms with E-state index in [2.05, 4.69) is 36.2 Å². The highest BCUT2D eigenvalue weighted by Crippen LogP contribution is 2.28. The van der Waals surface area contributed by atoms with Crippen LogP contribution in [0.5, 0.6) is 0 Å². The molecule has 0 aliphatic heterocycles. The summed E-state index contributed by atoms with van der Waals surface area (Å²) in [5, 5.41) is 18.5. The highest BCUT2D eigenvalue weighted by Gasteiger charge is 2.18. The Labute approximate surface area is 185 Å². The highest BCUT2D eigenvalue weighted by molar-refractivity contribution is 5.93. The normalized spacial score (nSPS) is 11.7. The molecule has 0 bridgehead atoms. The van der Waals surface area contributed by atoms with E-state index in [1.165, 1.54) is 4.68 Å². The maximum atomic E-state index is 13.3. The van der Waals surface area contributed by atoms with Crippen LogP contribution in [0.4, 0.5) is 0 Å². The molecule has 32 heavy (non-hydrogen) atoms. The van der Waals surface area contributed by atoms with E-state index < -0.39 is 0 Å². The Bertz CT molecular complexity index is 1380. The second-order valence-electron chi connectivity index (χ2n) is 8.74. The average Bonchev–Trinajstić information content (AvgIpc) is 3.27. The number of aromatic nitrogens is 3. The number of carbonyl (C=O) groups is 1. The van der Waals surface area contributed by atoms with Crippen molar-refractivity contribution in [2.45, 2.75) is 32.8 Å². The maximum Gasteiger partial charge on any atom is 0.279 e. The molecule has 4 rings (SSSR count). The Balaban J connectivity index is 1.86. The quantitative estimate of drug-likeness (QED) is 0.461. The minimum Gasteiger partial charge on any atom is -0.392 e. The molecule has 0 fully saturated rings. The number of hydrogen-bond acceptors (Lipinski definition) is 4. The lowest BCUT2D eigenvalue weighted by molar-refractivity contribution is 0.0959. The van der Waals surface area contributed by atoms with E-state index in [9.17, 15) is 14.7 Å². The van der Waals surface area contributed by atoms with Crippen molar-refractivity contribution in [3.05, 3.63) is 81.9 Å². The van der Waals surface area contributed by atoms with Gasteiger partial charge in [-0.15, -0.1) is 0 Å². The average molecular weight is 431 g/mol. The number of benzene rings is 2. The van der Waals surface area contributed by atoms with Crippen LogP contribution in [0.3, 0.4) is 0 Å². The molecule has 0 aliphatic carbocycles. The van der Waals surface area contributed by atoms with Crippen molar-refractivity contribution in [3.8, 4) is 16.9 Å². The molecule has 0 saturated carbocycles. The van der Waals surface area contributed by atoms with E-state index >= 15 is 0 Å². The highest BCUT2D eigenvalue weighted by atomic mass is 16.3. The monoisotopic (exact) mass is 430 g/mol. The van der Waals surface area contributed by atoms with Gasteiger partial charge in [0.1, 0.15) is 5.69 Å². The number of aliphatic hydroxyl groups excluding tert-OH is 1. The lowest BCUT2D eigenvalue weighted by atomic mass is 9.86. The Morgan fingerprint density at radius 3 is 2.62 bits per heavy atom. The Morgan fingerprint density at radius 1 is 1.16 bits per heavy atom. The van der Waals surface area contributed by atoms with Crippen LogP contribution in [0, 0.1) is 0 Å². The molecule has 0 spiro atoms. The SMILES string of the molecule is CNC(=O)c1ccc(-c2cccc(-n3ncc4cc(C(C)(C)C)ccc4c3=O)c2CO)[nH]1. The van der Waals surface area contributed by atoms with Gasteiger partial charge in [0, 0.05) is 29.3 Å². The summed E-state index contributed by atoms with van der Waals surface area (Å²) in [5.41, 5.74) is 3.63. The molecule has 2 heterocycles. The molecule has 0 saturated heterocycles. The van der Waals surface area contributed by atoms with Gasteiger partial charge in [-0.25, -0.2) is 0 Å². The number of H-pyrrole nitrogens is 1. The van der Waals surface area contributed by atoms with E-state index in [0.29, 0.717) is 33.6 Å². The number of hydrogen-bond donors (Lipinski definition) is 3. The molecule has 2 aromatic carbocycles. The molecular formula is C25H26N4O3. The minimum atomic E-state index is -0.297. The van der Waals surface area contributed by atoms with Crippen LogP contribution in [0.15, 0.2) is 59.5 Å². The van der Waals surface area contributed by atoms with E-state index in [0.717, 1.165) is 10.9 Å². The van der Waals surface area contributed by atoms with E-state index in [1.807, 2.05) is 24.3 Å². The predicted molar refractivity (Wildman–Crippen MR) is 125 cm³/mol. The van der Waals surface area contributed by atoms with Crippen molar-refractivity contribution in [2.24, 2.45) is 0 Å². The van der Waals surface area contributed by atoms with Gasteiger partial charge in [-0.3, -0.25) is 9.59 Å². The van der Waals surface area contributed by atoms with Gasteiger partial charge in [0.05, 0.1) is 23.9 Å². The predicted octanol–water partition coefficient (Wildman–Crippen LogP) is 3.53. The molecule has 0 unspecified atom stereocenters. The van der Waals surface area contributed by atoms with Crippen LogP contribution < -0.4 is 10.9 Å². The van der Waals surface area contributed by atoms with Crippen molar-refractivity contribution < 1.29 is 9.90 Å². The molecule has 164 valence electrons. The van der Waals surface area contributed by atoms with Gasteiger partial charge >= 0.3 is 0 Å². The number of aromatic amines is 1. The second kappa shape index (κ2) is 8.09. The number of amides is 1. The standard InChI is InChI=1S/C25H26N4O3/c1-25(2,3)16-8-9-17-15(12-16)13-27-29(24(17)32)22-7-5-6-18(19(22)14-30)20-10-11-21(28-20)23(31)26-4/h5-13,28,30H,14H2,1-4H3,(H,26,31). The van der Waals surface area contributed by atoms with E-state index in [4.69, 9.17) is 0 Å². The first-order valence-corrected chi connectivity index (χ1v) is 10.4. The molecular weight excluding hydrogens is 404 g/mol. The van der Waals surface area contributed by atoms with Gasteiger partial charge < -0.3 is 15.4 Å². The van der Waals surface area contributed by atoms with E-state index in [-0.39, 0.29) is 23.5 Å². The molecule has 7 nitrogen and oxygen atoms in total. The smallest absolute Gasteiger partial charge is 0.279 e. The first kappa shape index (κ1) is 21.5. The maximum absolute atomic E-state index is 13.3. The number of aliphatic hydroxyl groups is 1. The summed E-state index contributed by atoms with van der Waals surface area (Å²) in [6.45, 7) is 6.07. The molecule has 4 aromatic rings. The molecule has 0 atom stereocenters. The van der Waals surface area contributed by atoms with Crippen molar-refractivity contribution in [1.29, 1.82) is 0 Å². The molecule has 2 aromatic heterocycles. The van der Waals surface area contributed by atoms with Crippen LogP contribution >= 0.6 is 0 Å². The fourth-order valence-electron chi connectivity index (χ4n) is 3.80. The van der Waals surface area contributed by atoms with Gasteiger partial charge in [-0.05, 0) is 41.3 Å². The fourth-order valence-corrected chi connectivity index (χ4v) is 3.80. The molecule has 1 amide bonds.